The number of nitrogens with one attached hydrogen (secondary N) is 2. The Bertz CT molecular complexity index is 731. The number of anilines is 1. The fourth-order valence-electron chi connectivity index (χ4n) is 1.63. The van der Waals surface area contributed by atoms with Gasteiger partial charge in [-0.05, 0) is 25.1 Å². The first-order valence-electron chi connectivity index (χ1n) is 6.35. The topological polar surface area (TPSA) is 84.1 Å². The Hall–Kier alpha value is -2.77. The highest BCUT2D eigenvalue weighted by Crippen LogP contribution is 2.10. The Morgan fingerprint density at radius 1 is 1.36 bits per heavy atom. The van der Waals surface area contributed by atoms with E-state index in [-0.39, 0.29) is 17.3 Å². The minimum absolute atomic E-state index is 0.0493. The SMILES string of the molecule is Cc1ccc(NC(=O)c2cccc(OCC(F)F)n2)c(=O)[nH]1. The summed E-state index contributed by atoms with van der Waals surface area (Å²) in [7, 11) is 0. The van der Waals surface area contributed by atoms with Crippen molar-refractivity contribution in [2.45, 2.75) is 13.3 Å². The average Bonchev–Trinajstić information content (AvgIpc) is 2.48. The van der Waals surface area contributed by atoms with Crippen LogP contribution in [0.4, 0.5) is 14.5 Å². The molecule has 0 aliphatic carbocycles. The second kappa shape index (κ2) is 6.79. The van der Waals surface area contributed by atoms with Gasteiger partial charge >= 0.3 is 0 Å². The van der Waals surface area contributed by atoms with Crippen molar-refractivity contribution < 1.29 is 18.3 Å². The zero-order chi connectivity index (χ0) is 16.1. The van der Waals surface area contributed by atoms with Gasteiger partial charge in [-0.2, -0.15) is 0 Å². The molecular weight excluding hydrogens is 296 g/mol. The Labute approximate surface area is 124 Å². The Balaban J connectivity index is 2.12. The van der Waals surface area contributed by atoms with Gasteiger partial charge in [0.1, 0.15) is 11.4 Å². The van der Waals surface area contributed by atoms with Gasteiger partial charge < -0.3 is 15.0 Å². The summed E-state index contributed by atoms with van der Waals surface area (Å²) in [5.41, 5.74) is 0.227. The lowest BCUT2D eigenvalue weighted by Gasteiger charge is -2.07. The first-order valence-corrected chi connectivity index (χ1v) is 6.35. The molecule has 0 bridgehead atoms. The van der Waals surface area contributed by atoms with Gasteiger partial charge in [0.25, 0.3) is 17.9 Å². The minimum atomic E-state index is -2.63. The van der Waals surface area contributed by atoms with Gasteiger partial charge in [0.05, 0.1) is 0 Å². The highest BCUT2D eigenvalue weighted by atomic mass is 19.3. The molecule has 0 atom stereocenters. The van der Waals surface area contributed by atoms with E-state index in [1.807, 2.05) is 0 Å². The molecule has 0 unspecified atom stereocenters. The second-order valence-electron chi connectivity index (χ2n) is 4.40. The third-order valence-electron chi connectivity index (χ3n) is 2.62. The number of aryl methyl sites for hydroxylation is 1. The number of halogens is 2. The fourth-order valence-corrected chi connectivity index (χ4v) is 1.63. The zero-order valence-corrected chi connectivity index (χ0v) is 11.6. The molecule has 0 aliphatic heterocycles. The van der Waals surface area contributed by atoms with Crippen LogP contribution >= 0.6 is 0 Å². The number of H-pyrrole nitrogens is 1. The Kier molecular flexibility index (Phi) is 4.82. The first-order chi connectivity index (χ1) is 10.5. The van der Waals surface area contributed by atoms with E-state index in [1.165, 1.54) is 24.3 Å². The third kappa shape index (κ3) is 4.11. The number of nitrogens with zero attached hydrogens (tertiary/aromatic N) is 1. The number of hydrogen-bond donors (Lipinski definition) is 2. The molecule has 116 valence electrons. The largest absolute Gasteiger partial charge is 0.472 e. The van der Waals surface area contributed by atoms with Gasteiger partial charge in [0.2, 0.25) is 5.88 Å². The third-order valence-corrected chi connectivity index (χ3v) is 2.62. The number of carbonyl (C=O) groups excluding carboxylic acids is 1. The number of aromatic nitrogens is 2. The van der Waals surface area contributed by atoms with Crippen LogP contribution in [0.25, 0.3) is 0 Å². The molecule has 2 aromatic rings. The molecule has 0 spiro atoms. The van der Waals surface area contributed by atoms with Crippen LogP contribution in [-0.2, 0) is 0 Å². The Morgan fingerprint density at radius 3 is 2.82 bits per heavy atom. The molecule has 2 rings (SSSR count). The summed E-state index contributed by atoms with van der Waals surface area (Å²) >= 11 is 0. The van der Waals surface area contributed by atoms with Crippen LogP contribution in [0.2, 0.25) is 0 Å². The molecular formula is C14H13F2N3O3. The van der Waals surface area contributed by atoms with Crippen LogP contribution in [0.3, 0.4) is 0 Å². The first kappa shape index (κ1) is 15.6. The maximum atomic E-state index is 12.1. The highest BCUT2D eigenvalue weighted by molar-refractivity contribution is 6.02. The van der Waals surface area contributed by atoms with Crippen LogP contribution in [-0.4, -0.2) is 28.9 Å². The molecule has 0 fully saturated rings. The second-order valence-corrected chi connectivity index (χ2v) is 4.40. The van der Waals surface area contributed by atoms with Crippen molar-refractivity contribution in [3.05, 3.63) is 52.1 Å². The molecule has 1 amide bonds. The molecule has 2 aromatic heterocycles. The molecule has 0 radical (unpaired) electrons. The van der Waals surface area contributed by atoms with Gasteiger partial charge in [-0.25, -0.2) is 13.8 Å². The smallest absolute Gasteiger partial charge is 0.274 e. The normalized spacial score (nSPS) is 10.5. The molecule has 0 saturated carbocycles. The summed E-state index contributed by atoms with van der Waals surface area (Å²) in [5.74, 6) is -0.734. The predicted octanol–water partition coefficient (Wildman–Crippen LogP) is 1.97. The quantitative estimate of drug-likeness (QED) is 0.884. The van der Waals surface area contributed by atoms with Gasteiger partial charge in [-0.15, -0.1) is 0 Å². The van der Waals surface area contributed by atoms with Gasteiger partial charge in [0, 0.05) is 11.8 Å². The van der Waals surface area contributed by atoms with Gasteiger partial charge in [-0.1, -0.05) is 6.07 Å². The lowest BCUT2D eigenvalue weighted by atomic mass is 10.3. The number of carbonyl (C=O) groups is 1. The maximum absolute atomic E-state index is 12.1. The molecule has 0 saturated heterocycles. The van der Waals surface area contributed by atoms with E-state index in [1.54, 1.807) is 13.0 Å². The molecule has 2 heterocycles. The van der Waals surface area contributed by atoms with Crippen molar-refractivity contribution in [1.82, 2.24) is 9.97 Å². The molecule has 8 heteroatoms. The number of aromatic amines is 1. The number of alkyl halides is 2. The number of rotatable bonds is 5. The van der Waals surface area contributed by atoms with Crippen molar-refractivity contribution in [2.24, 2.45) is 0 Å². The maximum Gasteiger partial charge on any atom is 0.274 e. The predicted molar refractivity (Wildman–Crippen MR) is 75.5 cm³/mol. The van der Waals surface area contributed by atoms with E-state index >= 15 is 0 Å². The summed E-state index contributed by atoms with van der Waals surface area (Å²) in [6, 6.07) is 7.28. The summed E-state index contributed by atoms with van der Waals surface area (Å²) in [5, 5.41) is 2.40. The van der Waals surface area contributed by atoms with Gasteiger partial charge in [-0.3, -0.25) is 9.59 Å². The summed E-state index contributed by atoms with van der Waals surface area (Å²) in [6.07, 6.45) is -2.63. The van der Waals surface area contributed by atoms with Crippen molar-refractivity contribution in [1.29, 1.82) is 0 Å². The lowest BCUT2D eigenvalue weighted by molar-refractivity contribution is 0.0794. The average molecular weight is 309 g/mol. The molecule has 6 nitrogen and oxygen atoms in total. The van der Waals surface area contributed by atoms with E-state index in [0.717, 1.165) is 0 Å². The van der Waals surface area contributed by atoms with Crippen LogP contribution < -0.4 is 15.6 Å². The van der Waals surface area contributed by atoms with E-state index in [9.17, 15) is 18.4 Å². The summed E-state index contributed by atoms with van der Waals surface area (Å²) < 4.78 is 28.9. The lowest BCUT2D eigenvalue weighted by Crippen LogP contribution is -2.21. The monoisotopic (exact) mass is 309 g/mol. The van der Waals surface area contributed by atoms with Crippen molar-refractivity contribution in [2.75, 3.05) is 11.9 Å². The standard InChI is InChI=1S/C14H13F2N3O3/c1-8-5-6-10(13(20)17-8)19-14(21)9-3-2-4-12(18-9)22-7-11(15)16/h2-6,11H,7H2,1H3,(H,17,20)(H,19,21). The van der Waals surface area contributed by atoms with E-state index < -0.39 is 24.5 Å². The fraction of sp³-hybridized carbons (Fsp3) is 0.214. The zero-order valence-electron chi connectivity index (χ0n) is 11.6. The van der Waals surface area contributed by atoms with Gasteiger partial charge in [0.15, 0.2) is 6.61 Å². The number of hydrogen-bond acceptors (Lipinski definition) is 4. The van der Waals surface area contributed by atoms with Crippen LogP contribution in [0.5, 0.6) is 5.88 Å². The van der Waals surface area contributed by atoms with Crippen LogP contribution in [0, 0.1) is 6.92 Å². The molecule has 0 aromatic carbocycles. The van der Waals surface area contributed by atoms with E-state index in [4.69, 9.17) is 4.74 Å². The summed E-state index contributed by atoms with van der Waals surface area (Å²) in [6.45, 7) is 0.897. The van der Waals surface area contributed by atoms with E-state index in [2.05, 4.69) is 15.3 Å². The Morgan fingerprint density at radius 2 is 2.14 bits per heavy atom. The van der Waals surface area contributed by atoms with E-state index in [0.29, 0.717) is 5.69 Å². The highest BCUT2D eigenvalue weighted by Gasteiger charge is 2.12. The number of ether oxygens (including phenoxy) is 1. The molecule has 0 aliphatic rings. The molecule has 22 heavy (non-hydrogen) atoms. The van der Waals surface area contributed by atoms with Crippen LogP contribution in [0.1, 0.15) is 16.2 Å². The van der Waals surface area contributed by atoms with Crippen molar-refractivity contribution in [3.63, 3.8) is 0 Å². The van der Waals surface area contributed by atoms with Crippen LogP contribution in [0.15, 0.2) is 35.1 Å². The summed E-state index contributed by atoms with van der Waals surface area (Å²) in [4.78, 5) is 30.0. The number of pyridine rings is 2. The number of amides is 1. The minimum Gasteiger partial charge on any atom is -0.472 e. The van der Waals surface area contributed by atoms with Crippen molar-refractivity contribution >= 4 is 11.6 Å². The molecule has 2 N–H and O–H groups in total. The van der Waals surface area contributed by atoms with Crippen molar-refractivity contribution in [3.8, 4) is 5.88 Å².